The van der Waals surface area contributed by atoms with E-state index in [1.807, 2.05) is 102 Å². The van der Waals surface area contributed by atoms with Crippen LogP contribution in [0.1, 0.15) is 19.3 Å². The molecule has 4 nitrogen and oxygen atoms in total. The second-order valence-corrected chi connectivity index (χ2v) is 8.21. The minimum absolute atomic E-state index is 0.552. The van der Waals surface area contributed by atoms with Crippen LogP contribution in [-0.4, -0.2) is 23.7 Å². The van der Waals surface area contributed by atoms with Gasteiger partial charge in [-0.15, -0.1) is 0 Å². The fraction of sp³-hybridized carbons (Fsp3) is 0.167. The van der Waals surface area contributed by atoms with Gasteiger partial charge >= 0.3 is 5.97 Å². The molecule has 0 aliphatic rings. The molecular formula is C30H30N2O2. The number of carboxylic acids is 1. The Morgan fingerprint density at radius 1 is 0.588 bits per heavy atom. The Labute approximate surface area is 201 Å². The number of para-hydroxylation sites is 4. The van der Waals surface area contributed by atoms with Crippen LogP contribution in [0.5, 0.6) is 0 Å². The van der Waals surface area contributed by atoms with Crippen molar-refractivity contribution in [2.75, 3.05) is 16.3 Å². The van der Waals surface area contributed by atoms with E-state index >= 15 is 0 Å². The van der Waals surface area contributed by atoms with Crippen molar-refractivity contribution < 1.29 is 9.90 Å². The second-order valence-electron chi connectivity index (χ2n) is 8.21. The van der Waals surface area contributed by atoms with E-state index < -0.39 is 12.0 Å². The average molecular weight is 451 g/mol. The van der Waals surface area contributed by atoms with Gasteiger partial charge in [0.1, 0.15) is 6.04 Å². The first-order chi connectivity index (χ1) is 16.7. The average Bonchev–Trinajstić information content (AvgIpc) is 2.90. The fourth-order valence-corrected chi connectivity index (χ4v) is 4.28. The number of anilines is 4. The molecule has 34 heavy (non-hydrogen) atoms. The van der Waals surface area contributed by atoms with E-state index in [-0.39, 0.29) is 0 Å². The third-order valence-corrected chi connectivity index (χ3v) is 5.91. The van der Waals surface area contributed by atoms with Crippen LogP contribution in [0.2, 0.25) is 0 Å². The van der Waals surface area contributed by atoms with Crippen molar-refractivity contribution >= 4 is 28.7 Å². The lowest BCUT2D eigenvalue weighted by atomic mass is 10.0. The van der Waals surface area contributed by atoms with Gasteiger partial charge in [0.2, 0.25) is 0 Å². The predicted octanol–water partition coefficient (Wildman–Crippen LogP) is 7.29. The van der Waals surface area contributed by atoms with Crippen LogP contribution in [-0.2, 0) is 4.79 Å². The van der Waals surface area contributed by atoms with Gasteiger partial charge in [0.05, 0.1) is 0 Å². The quantitative estimate of drug-likeness (QED) is 0.244. The molecule has 0 unspecified atom stereocenters. The third-order valence-electron chi connectivity index (χ3n) is 5.91. The molecule has 0 saturated carbocycles. The lowest BCUT2D eigenvalue weighted by Gasteiger charge is -2.31. The summed E-state index contributed by atoms with van der Waals surface area (Å²) < 4.78 is 0. The molecule has 0 saturated heterocycles. The number of hydrogen-bond donors (Lipinski definition) is 1. The zero-order valence-corrected chi connectivity index (χ0v) is 19.2. The number of benzene rings is 4. The molecule has 4 heteroatoms. The van der Waals surface area contributed by atoms with Crippen LogP contribution in [0.15, 0.2) is 121 Å². The Kier molecular flexibility index (Phi) is 7.96. The maximum Gasteiger partial charge on any atom is 0.326 e. The number of carbonyl (C=O) groups is 1. The zero-order chi connectivity index (χ0) is 23.6. The molecule has 0 aliphatic carbocycles. The number of carboxylic acid groups (broad SMARTS) is 1. The molecule has 172 valence electrons. The van der Waals surface area contributed by atoms with Crippen LogP contribution in [0.3, 0.4) is 0 Å². The predicted molar refractivity (Wildman–Crippen MR) is 140 cm³/mol. The van der Waals surface area contributed by atoms with Crippen LogP contribution in [0, 0.1) is 0 Å². The molecule has 0 heterocycles. The summed E-state index contributed by atoms with van der Waals surface area (Å²) in [6.45, 7) is 0.817. The summed E-state index contributed by atoms with van der Waals surface area (Å²) in [4.78, 5) is 16.6. The summed E-state index contributed by atoms with van der Waals surface area (Å²) in [6.07, 6.45) is 2.23. The Balaban J connectivity index is 1.49. The standard InChI is InChI=1S/C30H30N2O2/c33-30(34)29(32(27-19-9-3-10-20-27)28-21-11-4-12-22-28)23-13-14-24-31(25-15-5-1-6-16-25)26-17-7-2-8-18-26/h1-12,15-22,29H,13-14,23-24H2,(H,33,34)/t29-/m0/s1. The summed E-state index contributed by atoms with van der Waals surface area (Å²) >= 11 is 0. The van der Waals surface area contributed by atoms with Crippen molar-refractivity contribution in [3.8, 4) is 0 Å². The Bertz CT molecular complexity index is 1060. The van der Waals surface area contributed by atoms with Crippen LogP contribution < -0.4 is 9.80 Å². The molecule has 0 spiro atoms. The highest BCUT2D eigenvalue weighted by Crippen LogP contribution is 2.30. The summed E-state index contributed by atoms with van der Waals surface area (Å²) in [7, 11) is 0. The Hall–Kier alpha value is -4.05. The van der Waals surface area contributed by atoms with Crippen molar-refractivity contribution in [1.29, 1.82) is 0 Å². The van der Waals surface area contributed by atoms with Crippen molar-refractivity contribution in [3.63, 3.8) is 0 Å². The highest BCUT2D eigenvalue weighted by molar-refractivity contribution is 5.82. The highest BCUT2D eigenvalue weighted by Gasteiger charge is 2.27. The fourth-order valence-electron chi connectivity index (χ4n) is 4.28. The van der Waals surface area contributed by atoms with Gasteiger partial charge in [-0.3, -0.25) is 0 Å². The van der Waals surface area contributed by atoms with E-state index in [2.05, 4.69) is 29.2 Å². The molecule has 4 rings (SSSR count). The number of unbranched alkanes of at least 4 members (excludes halogenated alkanes) is 1. The van der Waals surface area contributed by atoms with E-state index in [1.54, 1.807) is 0 Å². The summed E-state index contributed by atoms with van der Waals surface area (Å²) in [5, 5.41) is 10.2. The van der Waals surface area contributed by atoms with Gasteiger partial charge in [-0.05, 0) is 67.8 Å². The zero-order valence-electron chi connectivity index (χ0n) is 19.2. The first-order valence-corrected chi connectivity index (χ1v) is 11.7. The maximum atomic E-state index is 12.4. The molecule has 4 aromatic rings. The molecule has 0 bridgehead atoms. The third kappa shape index (κ3) is 5.84. The van der Waals surface area contributed by atoms with Gasteiger partial charge in [-0.2, -0.15) is 0 Å². The number of rotatable bonds is 11. The molecule has 0 aliphatic heterocycles. The van der Waals surface area contributed by atoms with E-state index in [4.69, 9.17) is 0 Å². The molecule has 0 fully saturated rings. The lowest BCUT2D eigenvalue weighted by molar-refractivity contribution is -0.138. The first kappa shape index (κ1) is 23.1. The van der Waals surface area contributed by atoms with Crippen molar-refractivity contribution in [3.05, 3.63) is 121 Å². The molecule has 4 aromatic carbocycles. The molecule has 0 radical (unpaired) electrons. The van der Waals surface area contributed by atoms with Crippen molar-refractivity contribution in [2.24, 2.45) is 0 Å². The minimum Gasteiger partial charge on any atom is -0.480 e. The lowest BCUT2D eigenvalue weighted by Crippen LogP contribution is -2.38. The van der Waals surface area contributed by atoms with E-state index in [0.717, 1.165) is 42.1 Å². The Morgan fingerprint density at radius 3 is 1.35 bits per heavy atom. The highest BCUT2D eigenvalue weighted by atomic mass is 16.4. The SMILES string of the molecule is O=C(O)[C@H](CCCCN(c1ccccc1)c1ccccc1)N(c1ccccc1)c1ccccc1. The summed E-state index contributed by atoms with van der Waals surface area (Å²) in [5.74, 6) is -0.810. The topological polar surface area (TPSA) is 43.8 Å². The van der Waals surface area contributed by atoms with Gasteiger partial charge < -0.3 is 14.9 Å². The second kappa shape index (κ2) is 11.7. The Morgan fingerprint density at radius 2 is 0.971 bits per heavy atom. The van der Waals surface area contributed by atoms with Crippen LogP contribution >= 0.6 is 0 Å². The van der Waals surface area contributed by atoms with E-state index in [9.17, 15) is 9.90 Å². The van der Waals surface area contributed by atoms with E-state index in [1.165, 1.54) is 0 Å². The van der Waals surface area contributed by atoms with Crippen molar-refractivity contribution in [2.45, 2.75) is 25.3 Å². The van der Waals surface area contributed by atoms with Gasteiger partial charge in [0.25, 0.3) is 0 Å². The molecule has 0 aromatic heterocycles. The smallest absolute Gasteiger partial charge is 0.326 e. The first-order valence-electron chi connectivity index (χ1n) is 11.7. The normalized spacial score (nSPS) is 11.5. The monoisotopic (exact) mass is 450 g/mol. The number of nitrogens with zero attached hydrogens (tertiary/aromatic N) is 2. The molecular weight excluding hydrogens is 420 g/mol. The molecule has 0 amide bonds. The minimum atomic E-state index is -0.810. The van der Waals surface area contributed by atoms with Crippen LogP contribution in [0.25, 0.3) is 0 Å². The summed E-state index contributed by atoms with van der Waals surface area (Å²) in [6, 6.07) is 39.6. The van der Waals surface area contributed by atoms with Gasteiger partial charge in [0, 0.05) is 29.3 Å². The number of aliphatic carboxylic acids is 1. The van der Waals surface area contributed by atoms with Crippen LogP contribution in [0.4, 0.5) is 22.7 Å². The van der Waals surface area contributed by atoms with Gasteiger partial charge in [-0.1, -0.05) is 72.8 Å². The van der Waals surface area contributed by atoms with E-state index in [0.29, 0.717) is 6.42 Å². The molecule has 1 atom stereocenters. The van der Waals surface area contributed by atoms with Crippen molar-refractivity contribution in [1.82, 2.24) is 0 Å². The number of hydrogen-bond acceptors (Lipinski definition) is 3. The van der Waals surface area contributed by atoms with Gasteiger partial charge in [-0.25, -0.2) is 4.79 Å². The van der Waals surface area contributed by atoms with Gasteiger partial charge in [0.15, 0.2) is 0 Å². The summed E-state index contributed by atoms with van der Waals surface area (Å²) in [5.41, 5.74) is 4.05. The largest absolute Gasteiger partial charge is 0.480 e. The maximum absolute atomic E-state index is 12.4. The molecule has 1 N–H and O–H groups in total.